The minimum absolute atomic E-state index is 0.129. The molecule has 2 amide bonds. The second-order valence-corrected chi connectivity index (χ2v) is 8.08. The van der Waals surface area contributed by atoms with E-state index in [1.165, 1.54) is 4.90 Å². The van der Waals surface area contributed by atoms with E-state index in [4.69, 9.17) is 4.52 Å². The fourth-order valence-electron chi connectivity index (χ4n) is 4.05. The maximum absolute atomic E-state index is 12.9. The quantitative estimate of drug-likeness (QED) is 0.488. The number of aryl methyl sites for hydroxylation is 1. The lowest BCUT2D eigenvalue weighted by Crippen LogP contribution is -2.38. The summed E-state index contributed by atoms with van der Waals surface area (Å²) in [6, 6.07) is 11.1. The fraction of sp³-hybridized carbons (Fsp3) is 0.261. The molecule has 1 aliphatic rings. The van der Waals surface area contributed by atoms with E-state index >= 15 is 0 Å². The Kier molecular flexibility index (Phi) is 5.25. The van der Waals surface area contributed by atoms with Crippen LogP contribution in [0.3, 0.4) is 0 Å². The predicted octanol–water partition coefficient (Wildman–Crippen LogP) is 3.80. The van der Waals surface area contributed by atoms with Crippen LogP contribution in [0, 0.1) is 6.92 Å². The van der Waals surface area contributed by atoms with Crippen molar-refractivity contribution in [1.82, 2.24) is 24.4 Å². The highest BCUT2D eigenvalue weighted by molar-refractivity contribution is 6.04. The Morgan fingerprint density at radius 3 is 2.97 bits per heavy atom. The van der Waals surface area contributed by atoms with Gasteiger partial charge in [0.05, 0.1) is 12.1 Å². The molecule has 0 aliphatic carbocycles. The van der Waals surface area contributed by atoms with Crippen molar-refractivity contribution in [2.75, 3.05) is 18.4 Å². The largest absolute Gasteiger partial charge is 0.465 e. The van der Waals surface area contributed by atoms with Crippen LogP contribution in [-0.4, -0.2) is 54.6 Å². The zero-order chi connectivity index (χ0) is 22.9. The molecule has 1 aromatic carbocycles. The van der Waals surface area contributed by atoms with Gasteiger partial charge in [-0.15, -0.1) is 0 Å². The minimum Gasteiger partial charge on any atom is -0.465 e. The van der Waals surface area contributed by atoms with E-state index < -0.39 is 6.09 Å². The van der Waals surface area contributed by atoms with Crippen LogP contribution in [0.15, 0.2) is 53.3 Å². The molecular formula is C23H22N6O4. The van der Waals surface area contributed by atoms with E-state index in [1.54, 1.807) is 22.9 Å². The third-order valence-corrected chi connectivity index (χ3v) is 5.88. The van der Waals surface area contributed by atoms with Gasteiger partial charge in [0.25, 0.3) is 5.91 Å². The van der Waals surface area contributed by atoms with Gasteiger partial charge >= 0.3 is 6.09 Å². The fourth-order valence-corrected chi connectivity index (χ4v) is 4.05. The normalized spacial score (nSPS) is 16.2. The van der Waals surface area contributed by atoms with Gasteiger partial charge in [-0.05, 0) is 43.5 Å². The summed E-state index contributed by atoms with van der Waals surface area (Å²) in [4.78, 5) is 34.4. The van der Waals surface area contributed by atoms with Gasteiger partial charge in [-0.25, -0.2) is 9.78 Å². The zero-order valence-corrected chi connectivity index (χ0v) is 17.9. The number of aromatic nitrogens is 4. The van der Waals surface area contributed by atoms with Crippen LogP contribution in [0.25, 0.3) is 17.0 Å². The summed E-state index contributed by atoms with van der Waals surface area (Å²) in [6.45, 7) is 2.75. The molecule has 0 bridgehead atoms. The molecule has 3 aromatic heterocycles. The molecule has 1 aliphatic heterocycles. The van der Waals surface area contributed by atoms with Crippen molar-refractivity contribution < 1.29 is 19.2 Å². The first-order valence-corrected chi connectivity index (χ1v) is 10.7. The van der Waals surface area contributed by atoms with Gasteiger partial charge in [-0.2, -0.15) is 4.98 Å². The van der Waals surface area contributed by atoms with E-state index in [2.05, 4.69) is 20.4 Å². The summed E-state index contributed by atoms with van der Waals surface area (Å²) in [6.07, 6.45) is 3.93. The highest BCUT2D eigenvalue weighted by atomic mass is 16.5. The van der Waals surface area contributed by atoms with Crippen molar-refractivity contribution in [3.63, 3.8) is 0 Å². The highest BCUT2D eigenvalue weighted by Crippen LogP contribution is 2.29. The number of anilines is 1. The van der Waals surface area contributed by atoms with Crippen LogP contribution in [0.2, 0.25) is 0 Å². The summed E-state index contributed by atoms with van der Waals surface area (Å²) < 4.78 is 7.19. The summed E-state index contributed by atoms with van der Waals surface area (Å²) in [5.74, 6) is 0.408. The van der Waals surface area contributed by atoms with Gasteiger partial charge < -0.3 is 19.8 Å². The second-order valence-electron chi connectivity index (χ2n) is 8.08. The molecule has 1 saturated heterocycles. The highest BCUT2D eigenvalue weighted by Gasteiger charge is 2.28. The van der Waals surface area contributed by atoms with Crippen LogP contribution >= 0.6 is 0 Å². The topological polar surface area (TPSA) is 126 Å². The Balaban J connectivity index is 1.37. The second kappa shape index (κ2) is 8.38. The van der Waals surface area contributed by atoms with Crippen molar-refractivity contribution >= 4 is 23.3 Å². The zero-order valence-electron chi connectivity index (χ0n) is 17.9. The Morgan fingerprint density at radius 1 is 1.24 bits per heavy atom. The number of imidazole rings is 1. The van der Waals surface area contributed by atoms with Gasteiger partial charge in [0.2, 0.25) is 11.7 Å². The smallest absolute Gasteiger partial charge is 0.407 e. The van der Waals surface area contributed by atoms with Crippen molar-refractivity contribution in [2.45, 2.75) is 25.7 Å². The minimum atomic E-state index is -0.940. The van der Waals surface area contributed by atoms with Crippen molar-refractivity contribution in [3.8, 4) is 11.4 Å². The van der Waals surface area contributed by atoms with Gasteiger partial charge in [-0.1, -0.05) is 23.4 Å². The summed E-state index contributed by atoms with van der Waals surface area (Å²) >= 11 is 0. The summed E-state index contributed by atoms with van der Waals surface area (Å²) in [5.41, 5.74) is 3.32. The lowest BCUT2D eigenvalue weighted by Gasteiger charge is -2.28. The molecule has 2 N–H and O–H groups in total. The van der Waals surface area contributed by atoms with Crippen LogP contribution in [0.4, 0.5) is 10.5 Å². The molecule has 0 spiro atoms. The molecule has 33 heavy (non-hydrogen) atoms. The van der Waals surface area contributed by atoms with Gasteiger partial charge in [-0.3, -0.25) is 9.20 Å². The molecular weight excluding hydrogens is 424 g/mol. The molecule has 1 atom stereocenters. The molecule has 0 saturated carbocycles. The van der Waals surface area contributed by atoms with Gasteiger partial charge in [0.1, 0.15) is 11.3 Å². The third kappa shape index (κ3) is 4.02. The lowest BCUT2D eigenvalue weighted by molar-refractivity contribution is 0.102. The monoisotopic (exact) mass is 446 g/mol. The molecule has 10 heteroatoms. The number of pyridine rings is 1. The molecule has 1 fully saturated rings. The Labute approximate surface area is 188 Å². The SMILES string of the molecule is Cc1ccc(-c2noc(C3CCCN(C(=O)O)C3)n2)cc1NC(=O)c1cnc2ccccn12. The maximum Gasteiger partial charge on any atom is 0.407 e. The number of fused-ring (bicyclic) bond motifs is 1. The van der Waals surface area contributed by atoms with Crippen molar-refractivity contribution in [2.24, 2.45) is 0 Å². The summed E-state index contributed by atoms with van der Waals surface area (Å²) in [7, 11) is 0. The number of hydrogen-bond donors (Lipinski definition) is 2. The molecule has 4 heterocycles. The van der Waals surface area contributed by atoms with E-state index in [1.807, 2.05) is 37.3 Å². The van der Waals surface area contributed by atoms with Crippen LogP contribution in [0.5, 0.6) is 0 Å². The molecule has 168 valence electrons. The number of nitrogens with one attached hydrogen (secondary N) is 1. The van der Waals surface area contributed by atoms with Gasteiger partial charge in [0, 0.05) is 30.5 Å². The number of amides is 2. The maximum atomic E-state index is 12.9. The predicted molar refractivity (Wildman–Crippen MR) is 119 cm³/mol. The van der Waals surface area contributed by atoms with Crippen LogP contribution < -0.4 is 5.32 Å². The average molecular weight is 446 g/mol. The van der Waals surface area contributed by atoms with Gasteiger partial charge in [0.15, 0.2) is 0 Å². The number of carboxylic acid groups (broad SMARTS) is 1. The molecule has 5 rings (SSSR count). The Bertz CT molecular complexity index is 1340. The number of rotatable bonds is 4. The number of benzene rings is 1. The first-order chi connectivity index (χ1) is 16.0. The summed E-state index contributed by atoms with van der Waals surface area (Å²) in [5, 5.41) is 16.3. The number of hydrogen-bond acceptors (Lipinski definition) is 6. The van der Waals surface area contributed by atoms with Crippen molar-refractivity contribution in [1.29, 1.82) is 0 Å². The molecule has 10 nitrogen and oxygen atoms in total. The third-order valence-electron chi connectivity index (χ3n) is 5.88. The van der Waals surface area contributed by atoms with Crippen LogP contribution in [-0.2, 0) is 0 Å². The number of piperidine rings is 1. The van der Waals surface area contributed by atoms with E-state index in [0.29, 0.717) is 47.4 Å². The molecule has 1 unspecified atom stereocenters. The molecule has 4 aromatic rings. The number of likely N-dealkylation sites (tertiary alicyclic amines) is 1. The Morgan fingerprint density at radius 2 is 2.12 bits per heavy atom. The van der Waals surface area contributed by atoms with E-state index in [-0.39, 0.29) is 11.8 Å². The van der Waals surface area contributed by atoms with E-state index in [0.717, 1.165) is 18.4 Å². The first-order valence-electron chi connectivity index (χ1n) is 10.7. The molecule has 0 radical (unpaired) electrons. The average Bonchev–Trinajstić information content (AvgIpc) is 3.48. The van der Waals surface area contributed by atoms with Crippen molar-refractivity contribution in [3.05, 3.63) is 65.9 Å². The first kappa shape index (κ1) is 20.7. The van der Waals surface area contributed by atoms with Crippen LogP contribution in [0.1, 0.15) is 40.7 Å². The van der Waals surface area contributed by atoms with E-state index in [9.17, 15) is 14.7 Å². The number of carbonyl (C=O) groups excluding carboxylic acids is 1. The Hall–Kier alpha value is -4.21. The number of carbonyl (C=O) groups is 2. The standard InChI is InChI=1S/C23H22N6O4/c1-14-7-8-15(20-26-22(33-27-20)16-5-4-9-28(13-16)23(31)32)11-17(14)25-21(30)18-12-24-19-6-2-3-10-29(18)19/h2-3,6-8,10-12,16H,4-5,9,13H2,1H3,(H,25,30)(H,31,32). The number of nitrogens with zero attached hydrogens (tertiary/aromatic N) is 5. The lowest BCUT2D eigenvalue weighted by atomic mass is 9.98.